The predicted octanol–water partition coefficient (Wildman–Crippen LogP) is 1.84. The minimum Gasteiger partial charge on any atom is 0 e. The molecule has 0 aromatic heterocycles. The summed E-state index contributed by atoms with van der Waals surface area (Å²) in [6.45, 7) is 13.5. The van der Waals surface area contributed by atoms with E-state index in [1.165, 1.54) is 32.1 Å². The Labute approximate surface area is 86.7 Å². The fraction of sp³-hybridized carbons (Fsp3) is 0.625. The minimum atomic E-state index is 0. The van der Waals surface area contributed by atoms with E-state index in [4.69, 9.17) is 14.0 Å². The minimum absolute atomic E-state index is 0. The molecule has 0 aliphatic heterocycles. The van der Waals surface area contributed by atoms with Gasteiger partial charge in [0.05, 0.1) is 0 Å². The summed E-state index contributed by atoms with van der Waals surface area (Å²) in [7, 11) is 0. The van der Waals surface area contributed by atoms with Gasteiger partial charge in [0.15, 0.2) is 0 Å². The van der Waals surface area contributed by atoms with E-state index in [-0.39, 0.29) is 20.4 Å². The van der Waals surface area contributed by atoms with Gasteiger partial charge < -0.3 is 0 Å². The second-order valence-electron chi connectivity index (χ2n) is 1.77. The zero-order valence-electron chi connectivity index (χ0n) is 6.64. The van der Waals surface area contributed by atoms with Gasteiger partial charge in [0.25, 0.3) is 0 Å². The third kappa shape index (κ3) is 32.7. The molecule has 1 aliphatic rings. The van der Waals surface area contributed by atoms with Crippen molar-refractivity contribution >= 4 is 0 Å². The van der Waals surface area contributed by atoms with E-state index in [0.717, 1.165) is 0 Å². The maximum absolute atomic E-state index is 7.50. The molecule has 0 amide bonds. The summed E-state index contributed by atoms with van der Waals surface area (Å²) in [5.41, 5.74) is 0. The van der Waals surface area contributed by atoms with E-state index in [1.54, 1.807) is 0 Å². The zero-order chi connectivity index (χ0) is 9.54. The van der Waals surface area contributed by atoms with Crippen LogP contribution < -0.4 is 0 Å². The Morgan fingerprint density at radius 1 is 0.500 bits per heavy atom. The molecule has 0 heterocycles. The summed E-state index contributed by atoms with van der Waals surface area (Å²) in [4.78, 5) is 0. The molecule has 0 N–H and O–H groups in total. The van der Waals surface area contributed by atoms with Gasteiger partial charge in [-0.25, -0.2) is 0 Å². The largest absolute Gasteiger partial charge is 0 e. The zero-order valence-corrected chi connectivity index (χ0v) is 9.35. The third-order valence-electron chi connectivity index (χ3n) is 1.25. The fourth-order valence-corrected chi connectivity index (χ4v) is 0.884. The first kappa shape index (κ1) is 22.6. The molecule has 0 spiro atoms. The third-order valence-corrected chi connectivity index (χ3v) is 1.25. The Morgan fingerprint density at radius 2 is 0.583 bits per heavy atom. The molecule has 12 heavy (non-hydrogen) atoms. The maximum atomic E-state index is 7.50. The van der Waals surface area contributed by atoms with Crippen LogP contribution in [0.5, 0.6) is 0 Å². The summed E-state index contributed by atoms with van der Waals surface area (Å²) in [5, 5.41) is 0. The molecule has 0 saturated heterocycles. The van der Waals surface area contributed by atoms with Crippen molar-refractivity contribution < 1.29 is 34.4 Å². The molecule has 1 saturated carbocycles. The van der Waals surface area contributed by atoms with Gasteiger partial charge in [0, 0.05) is 20.4 Å². The van der Waals surface area contributed by atoms with Crippen molar-refractivity contribution in [2.24, 2.45) is 0 Å². The average Bonchev–Trinajstić information content (AvgIpc) is 2.71. The summed E-state index contributed by atoms with van der Waals surface area (Å²) in [5.74, 6) is 0. The van der Waals surface area contributed by atoms with Crippen molar-refractivity contribution in [1.29, 1.82) is 0 Å². The van der Waals surface area contributed by atoms with Crippen LogP contribution in [0.4, 0.5) is 0 Å². The summed E-state index contributed by atoms with van der Waals surface area (Å²) < 4.78 is 22.5. The predicted molar refractivity (Wildman–Crippen MR) is 34.9 cm³/mol. The summed E-state index contributed by atoms with van der Waals surface area (Å²) >= 11 is 0. The van der Waals surface area contributed by atoms with Crippen LogP contribution in [0.2, 0.25) is 0 Å². The molecule has 1 fully saturated rings. The normalized spacial score (nSPS) is 10.5. The van der Waals surface area contributed by atoms with Crippen LogP contribution in [0.1, 0.15) is 32.1 Å². The number of hydrogen-bond donors (Lipinski definition) is 0. The first-order valence-corrected chi connectivity index (χ1v) is 3.11. The first-order chi connectivity index (χ1) is 5.50. The second kappa shape index (κ2) is 44.6. The van der Waals surface area contributed by atoms with Gasteiger partial charge in [-0.2, -0.15) is 0 Å². The van der Waals surface area contributed by atoms with Crippen molar-refractivity contribution in [1.82, 2.24) is 0 Å². The molecular weight excluding hydrogens is 330 g/mol. The topological polar surface area (TPSA) is 59.7 Å². The smallest absolute Gasteiger partial charge is 0 e. The van der Waals surface area contributed by atoms with Crippen LogP contribution in [-0.2, 0) is 34.4 Å². The molecule has 67 valence electrons. The van der Waals surface area contributed by atoms with Crippen LogP contribution in [-0.4, -0.2) is 0 Å². The molecule has 4 heteroatoms. The van der Waals surface area contributed by atoms with Crippen molar-refractivity contribution in [2.75, 3.05) is 0 Å². The van der Waals surface area contributed by atoms with E-state index in [0.29, 0.717) is 0 Å². The average molecular weight is 340 g/mol. The van der Waals surface area contributed by atoms with Crippen molar-refractivity contribution in [3.63, 3.8) is 0 Å². The second-order valence-corrected chi connectivity index (χ2v) is 1.77. The van der Waals surface area contributed by atoms with Crippen molar-refractivity contribution in [2.45, 2.75) is 32.1 Å². The summed E-state index contributed by atoms with van der Waals surface area (Å²) in [6, 6.07) is 0. The van der Waals surface area contributed by atoms with E-state index < -0.39 is 0 Å². The molecule has 0 bridgehead atoms. The van der Waals surface area contributed by atoms with Gasteiger partial charge in [-0.1, -0.05) is 32.1 Å². The van der Waals surface area contributed by atoms with Crippen LogP contribution >= 0.6 is 0 Å². The fourth-order valence-electron chi connectivity index (χ4n) is 0.884. The Morgan fingerprint density at radius 3 is 0.667 bits per heavy atom. The molecule has 0 aromatic rings. The quantitative estimate of drug-likeness (QED) is 0.477. The van der Waals surface area contributed by atoms with Gasteiger partial charge in [0.2, 0.25) is 0 Å². The van der Waals surface area contributed by atoms with Gasteiger partial charge in [-0.15, -0.1) is 0 Å². The number of hydrogen-bond acceptors (Lipinski definition) is 0. The molecular formula is C8H10O3Re. The van der Waals surface area contributed by atoms with Gasteiger partial charge >= 0.3 is 33.9 Å². The summed E-state index contributed by atoms with van der Waals surface area (Å²) in [6.07, 6.45) is 7.50. The van der Waals surface area contributed by atoms with Crippen LogP contribution in [0.25, 0.3) is 0 Å². The Kier molecular flexibility index (Phi) is 84.1. The molecule has 0 atom stereocenters. The standard InChI is InChI=1S/C5H10.3CO.Re/c1-2-4-5-3-1;3*1-2;/h1-5H2;;;;. The molecule has 1 rings (SSSR count). The molecule has 1 radical (unpaired) electrons. The van der Waals surface area contributed by atoms with Gasteiger partial charge in [0.1, 0.15) is 0 Å². The van der Waals surface area contributed by atoms with Gasteiger partial charge in [-0.05, 0) is 0 Å². The monoisotopic (exact) mass is 341 g/mol. The molecule has 0 unspecified atom stereocenters. The molecule has 3 nitrogen and oxygen atoms in total. The Balaban J connectivity index is -0.0000000406. The van der Waals surface area contributed by atoms with E-state index in [2.05, 4.69) is 20.0 Å². The van der Waals surface area contributed by atoms with Crippen molar-refractivity contribution in [3.8, 4) is 0 Å². The van der Waals surface area contributed by atoms with E-state index in [1.807, 2.05) is 0 Å². The Hall–Kier alpha value is -0.118. The molecule has 0 aromatic carbocycles. The first-order valence-electron chi connectivity index (χ1n) is 3.11. The maximum Gasteiger partial charge on any atom is 0 e. The number of rotatable bonds is 0. The van der Waals surface area contributed by atoms with E-state index >= 15 is 0 Å². The van der Waals surface area contributed by atoms with Gasteiger partial charge in [-0.3, -0.25) is 0 Å². The van der Waals surface area contributed by atoms with Crippen LogP contribution in [0, 0.1) is 20.0 Å². The van der Waals surface area contributed by atoms with Crippen molar-refractivity contribution in [3.05, 3.63) is 20.0 Å². The SMILES string of the molecule is C1CCCC1.[C-]#[O+].[C-]#[O+].[C-]#[O+].[Re]. The van der Waals surface area contributed by atoms with Crippen LogP contribution in [0.3, 0.4) is 0 Å². The van der Waals surface area contributed by atoms with Crippen LogP contribution in [0.15, 0.2) is 0 Å². The van der Waals surface area contributed by atoms with E-state index in [9.17, 15) is 0 Å². The Bertz CT molecular complexity index is 80.7. The molecule has 1 aliphatic carbocycles.